The number of rotatable bonds is 4. The fourth-order valence-corrected chi connectivity index (χ4v) is 4.81. The van der Waals surface area contributed by atoms with Gasteiger partial charge in [0.05, 0.1) is 18.4 Å². The number of amides is 2. The van der Waals surface area contributed by atoms with Gasteiger partial charge in [0.25, 0.3) is 11.8 Å². The summed E-state index contributed by atoms with van der Waals surface area (Å²) in [5, 5.41) is 2.70. The van der Waals surface area contributed by atoms with Crippen molar-refractivity contribution in [2.24, 2.45) is 0 Å². The molecule has 3 aromatic rings. The maximum absolute atomic E-state index is 13.5. The maximum Gasteiger partial charge on any atom is 0.337 e. The van der Waals surface area contributed by atoms with Crippen molar-refractivity contribution >= 4 is 46.9 Å². The quantitative estimate of drug-likeness (QED) is 0.244. The normalized spacial score (nSPS) is 14.9. The molecule has 184 valence electrons. The lowest BCUT2D eigenvalue weighted by molar-refractivity contribution is -0.122. The first kappa shape index (κ1) is 25.1. The van der Waals surface area contributed by atoms with Crippen LogP contribution in [0.5, 0.6) is 0 Å². The molecule has 2 heterocycles. The molecule has 8 heteroatoms. The average molecular weight is 502 g/mol. The Morgan fingerprint density at radius 3 is 2.28 bits per heavy atom. The zero-order chi connectivity index (χ0) is 26.3. The molecule has 0 unspecified atom stereocenters. The summed E-state index contributed by atoms with van der Waals surface area (Å²) in [6, 6.07) is 13.0. The van der Waals surface area contributed by atoms with Gasteiger partial charge in [-0.15, -0.1) is 0 Å². The van der Waals surface area contributed by atoms with Gasteiger partial charge >= 0.3 is 5.97 Å². The highest BCUT2D eigenvalue weighted by molar-refractivity contribution is 7.80. The molecule has 4 rings (SSSR count). The van der Waals surface area contributed by atoms with Gasteiger partial charge in [0, 0.05) is 17.1 Å². The van der Waals surface area contributed by atoms with E-state index in [0.29, 0.717) is 16.8 Å². The Bertz CT molecular complexity index is 1460. The summed E-state index contributed by atoms with van der Waals surface area (Å²) < 4.78 is 6.86. The minimum atomic E-state index is -0.542. The number of nitrogens with zero attached hydrogens (tertiary/aromatic N) is 2. The lowest BCUT2D eigenvalue weighted by Gasteiger charge is -2.29. The molecule has 0 radical (unpaired) electrons. The maximum atomic E-state index is 13.5. The first-order chi connectivity index (χ1) is 17.0. The van der Waals surface area contributed by atoms with Crippen LogP contribution in [0.3, 0.4) is 0 Å². The summed E-state index contributed by atoms with van der Waals surface area (Å²) in [5.74, 6) is -1.45. The zero-order valence-corrected chi connectivity index (χ0v) is 21.9. The van der Waals surface area contributed by atoms with Crippen LogP contribution >= 0.6 is 12.2 Å². The Morgan fingerprint density at radius 1 is 0.972 bits per heavy atom. The fraction of sp³-hybridized carbons (Fsp3) is 0.214. The third kappa shape index (κ3) is 4.47. The smallest absolute Gasteiger partial charge is 0.337 e. The van der Waals surface area contributed by atoms with Gasteiger partial charge in [-0.2, -0.15) is 0 Å². The molecule has 1 aliphatic heterocycles. The number of anilines is 1. The number of hydrogen-bond acceptors (Lipinski definition) is 5. The van der Waals surface area contributed by atoms with E-state index >= 15 is 0 Å². The highest BCUT2D eigenvalue weighted by Crippen LogP contribution is 2.28. The minimum absolute atomic E-state index is 0.0111. The number of aryl methyl sites for hydroxylation is 4. The van der Waals surface area contributed by atoms with E-state index in [1.54, 1.807) is 18.2 Å². The lowest BCUT2D eigenvalue weighted by Crippen LogP contribution is -2.54. The van der Waals surface area contributed by atoms with E-state index in [0.717, 1.165) is 33.8 Å². The van der Waals surface area contributed by atoms with Crippen molar-refractivity contribution in [3.05, 3.63) is 87.2 Å². The zero-order valence-electron chi connectivity index (χ0n) is 21.1. The number of aromatic nitrogens is 1. The Labute approximate surface area is 215 Å². The molecule has 1 fully saturated rings. The number of carbonyl (C=O) groups excluding carboxylic acids is 3. The van der Waals surface area contributed by atoms with Crippen LogP contribution in [-0.2, 0) is 14.3 Å². The summed E-state index contributed by atoms with van der Waals surface area (Å²) in [4.78, 5) is 39.8. The number of hydrogen-bond donors (Lipinski definition) is 1. The molecule has 0 atom stereocenters. The number of nitrogens with one attached hydrogen (secondary N) is 1. The minimum Gasteiger partial charge on any atom is -0.465 e. The molecule has 36 heavy (non-hydrogen) atoms. The van der Waals surface area contributed by atoms with Crippen molar-refractivity contribution in [1.29, 1.82) is 0 Å². The van der Waals surface area contributed by atoms with Gasteiger partial charge < -0.3 is 9.30 Å². The van der Waals surface area contributed by atoms with Gasteiger partial charge in [-0.3, -0.25) is 19.8 Å². The average Bonchev–Trinajstić information content (AvgIpc) is 3.08. The Morgan fingerprint density at radius 2 is 1.64 bits per heavy atom. The molecule has 0 spiro atoms. The summed E-state index contributed by atoms with van der Waals surface area (Å²) in [5.41, 5.74) is 7.18. The van der Waals surface area contributed by atoms with Gasteiger partial charge in [-0.1, -0.05) is 12.1 Å². The Hall–Kier alpha value is -4.04. The topological polar surface area (TPSA) is 80.6 Å². The number of esters is 1. The molecule has 1 saturated heterocycles. The van der Waals surface area contributed by atoms with Crippen LogP contribution in [0.15, 0.2) is 48.0 Å². The molecule has 0 bridgehead atoms. The number of carbonyl (C=O) groups is 3. The Balaban J connectivity index is 1.79. The molecule has 1 aliphatic rings. The molecule has 7 nitrogen and oxygen atoms in total. The molecule has 1 N–H and O–H groups in total. The van der Waals surface area contributed by atoms with Gasteiger partial charge in [0.15, 0.2) is 5.11 Å². The van der Waals surface area contributed by atoms with Gasteiger partial charge in [-0.05, 0) is 105 Å². The van der Waals surface area contributed by atoms with Gasteiger partial charge in [0.2, 0.25) is 0 Å². The van der Waals surface area contributed by atoms with Crippen molar-refractivity contribution in [3.63, 3.8) is 0 Å². The van der Waals surface area contributed by atoms with E-state index < -0.39 is 17.8 Å². The van der Waals surface area contributed by atoms with Gasteiger partial charge in [-0.25, -0.2) is 4.79 Å². The number of benzene rings is 2. The molecule has 0 saturated carbocycles. The number of methoxy groups -OCH3 is 1. The largest absolute Gasteiger partial charge is 0.465 e. The van der Waals surface area contributed by atoms with Crippen LogP contribution in [0.4, 0.5) is 5.69 Å². The highest BCUT2D eigenvalue weighted by Gasteiger charge is 2.35. The second-order valence-corrected chi connectivity index (χ2v) is 9.35. The molecule has 1 aromatic heterocycles. The second-order valence-electron chi connectivity index (χ2n) is 8.96. The third-order valence-electron chi connectivity index (χ3n) is 6.21. The standard InChI is InChI=1S/C28H27N3O4S/c1-15-9-16(2)11-22(10-15)31-26(33)23(25(32)29-28(31)36)13-21-12-18(4)30(19(21)5)24-14-20(27(34)35-6)8-7-17(24)3/h7-14H,1-6H3,(H,29,32,36)/b23-13+. The van der Waals surface area contributed by atoms with E-state index in [2.05, 4.69) is 5.32 Å². The first-order valence-corrected chi connectivity index (χ1v) is 11.8. The van der Waals surface area contributed by atoms with Crippen LogP contribution in [0, 0.1) is 34.6 Å². The lowest BCUT2D eigenvalue weighted by atomic mass is 10.1. The predicted octanol–water partition coefficient (Wildman–Crippen LogP) is 4.64. The van der Waals surface area contributed by atoms with E-state index in [4.69, 9.17) is 17.0 Å². The van der Waals surface area contributed by atoms with E-state index in [1.165, 1.54) is 12.0 Å². The SMILES string of the molecule is COC(=O)c1ccc(C)c(-n2c(C)cc(/C=C3\C(=O)NC(=S)N(c4cc(C)cc(C)c4)C3=O)c2C)c1. The van der Waals surface area contributed by atoms with Crippen LogP contribution in [0.2, 0.25) is 0 Å². The first-order valence-electron chi connectivity index (χ1n) is 11.4. The summed E-state index contributed by atoms with van der Waals surface area (Å²) in [7, 11) is 1.34. The number of ether oxygens (including phenoxy) is 1. The van der Waals surface area contributed by atoms with Crippen molar-refractivity contribution in [2.45, 2.75) is 34.6 Å². The van der Waals surface area contributed by atoms with Gasteiger partial charge in [0.1, 0.15) is 5.57 Å². The molecule has 0 aliphatic carbocycles. The monoisotopic (exact) mass is 501 g/mol. The Kier molecular flexibility index (Phi) is 6.65. The van der Waals surface area contributed by atoms with Crippen LogP contribution in [0.1, 0.15) is 44.0 Å². The van der Waals surface area contributed by atoms with E-state index in [-0.39, 0.29) is 10.7 Å². The molecule has 2 amide bonds. The van der Waals surface area contributed by atoms with Crippen molar-refractivity contribution in [3.8, 4) is 5.69 Å². The predicted molar refractivity (Wildman–Crippen MR) is 143 cm³/mol. The van der Waals surface area contributed by atoms with Crippen molar-refractivity contribution < 1.29 is 19.1 Å². The fourth-order valence-electron chi connectivity index (χ4n) is 4.53. The van der Waals surface area contributed by atoms with Crippen LogP contribution < -0.4 is 10.2 Å². The van der Waals surface area contributed by atoms with Crippen LogP contribution in [0.25, 0.3) is 11.8 Å². The van der Waals surface area contributed by atoms with E-state index in [1.807, 2.05) is 69.5 Å². The highest BCUT2D eigenvalue weighted by atomic mass is 32.1. The molecular formula is C28H27N3O4S. The summed E-state index contributed by atoms with van der Waals surface area (Å²) in [6.07, 6.45) is 1.59. The van der Waals surface area contributed by atoms with Crippen LogP contribution in [-0.4, -0.2) is 34.6 Å². The summed E-state index contributed by atoms with van der Waals surface area (Å²) in [6.45, 7) is 9.67. The molecule has 2 aromatic carbocycles. The molecular weight excluding hydrogens is 474 g/mol. The second kappa shape index (κ2) is 9.54. The van der Waals surface area contributed by atoms with Crippen molar-refractivity contribution in [2.75, 3.05) is 12.0 Å². The summed E-state index contributed by atoms with van der Waals surface area (Å²) >= 11 is 5.34. The van der Waals surface area contributed by atoms with E-state index in [9.17, 15) is 14.4 Å². The number of thiocarbonyl (C=S) groups is 1. The third-order valence-corrected chi connectivity index (χ3v) is 6.49. The van der Waals surface area contributed by atoms with Crippen molar-refractivity contribution in [1.82, 2.24) is 9.88 Å².